The SMILES string of the molecule is C[C@H]1C([OH2+])=C(C=N)C[C@@]2(C)C1CC[C@]1(C)C2CC(=O)C2C3CC(C)(C)CC[C@]3(C(=O)Cl)CC[C@]21C. The summed E-state index contributed by atoms with van der Waals surface area (Å²) in [5, 5.41) is 16.5. The fourth-order valence-corrected chi connectivity index (χ4v) is 11.0. The molecule has 5 aliphatic carbocycles. The van der Waals surface area contributed by atoms with Crippen LogP contribution < -0.4 is 0 Å². The third-order valence-electron chi connectivity index (χ3n) is 12.9. The fraction of sp³-hybridized carbons (Fsp3) is 0.833. The van der Waals surface area contributed by atoms with Gasteiger partial charge in [0.05, 0.1) is 11.5 Å². The van der Waals surface area contributed by atoms with Crippen LogP contribution in [0.1, 0.15) is 99.3 Å². The molecule has 0 spiro atoms. The predicted octanol–water partition coefficient (Wildman–Crippen LogP) is 6.66. The first kappa shape index (κ1) is 25.5. The topological polar surface area (TPSA) is 80.9 Å². The van der Waals surface area contributed by atoms with Crippen molar-refractivity contribution in [2.75, 3.05) is 0 Å². The Kier molecular flexibility index (Phi) is 5.59. The van der Waals surface area contributed by atoms with Crippen molar-refractivity contribution in [3.63, 3.8) is 0 Å². The van der Waals surface area contributed by atoms with Crippen LogP contribution in [0.25, 0.3) is 0 Å². The van der Waals surface area contributed by atoms with Crippen LogP contribution >= 0.6 is 11.6 Å². The molecule has 5 rings (SSSR count). The molecule has 0 aliphatic heterocycles. The Morgan fingerprint density at radius 3 is 2.31 bits per heavy atom. The van der Waals surface area contributed by atoms with Gasteiger partial charge in [0.2, 0.25) is 11.0 Å². The van der Waals surface area contributed by atoms with Crippen LogP contribution in [-0.2, 0) is 9.59 Å². The van der Waals surface area contributed by atoms with Gasteiger partial charge in [0.25, 0.3) is 0 Å². The third-order valence-corrected chi connectivity index (χ3v) is 13.3. The lowest BCUT2D eigenvalue weighted by Gasteiger charge is -2.71. The monoisotopic (exact) mass is 502 g/mol. The van der Waals surface area contributed by atoms with E-state index in [1.54, 1.807) is 0 Å². The molecule has 5 heteroatoms. The minimum absolute atomic E-state index is 0.00761. The second kappa shape index (κ2) is 7.68. The lowest BCUT2D eigenvalue weighted by molar-refractivity contribution is -0.223. The molecule has 5 aliphatic rings. The van der Waals surface area contributed by atoms with Crippen LogP contribution in [0, 0.1) is 62.1 Å². The van der Waals surface area contributed by atoms with Gasteiger partial charge in [-0.3, -0.25) is 9.59 Å². The van der Waals surface area contributed by atoms with E-state index in [-0.39, 0.29) is 50.6 Å². The summed E-state index contributed by atoms with van der Waals surface area (Å²) in [4.78, 5) is 27.3. The second-order valence-electron chi connectivity index (χ2n) is 14.6. The number of ketones is 1. The number of rotatable bonds is 2. The highest BCUT2D eigenvalue weighted by molar-refractivity contribution is 6.64. The van der Waals surface area contributed by atoms with Gasteiger partial charge in [-0.05, 0) is 109 Å². The molecule has 0 bridgehead atoms. The highest BCUT2D eigenvalue weighted by atomic mass is 35.5. The summed E-state index contributed by atoms with van der Waals surface area (Å²) < 4.78 is 0. The second-order valence-corrected chi connectivity index (χ2v) is 15.0. The summed E-state index contributed by atoms with van der Waals surface area (Å²) in [6.07, 6.45) is 9.24. The number of halogens is 1. The minimum Gasteiger partial charge on any atom is -0.596 e. The Labute approximate surface area is 216 Å². The summed E-state index contributed by atoms with van der Waals surface area (Å²) in [6, 6.07) is 0. The lowest BCUT2D eigenvalue weighted by Crippen LogP contribution is -2.68. The summed E-state index contributed by atoms with van der Waals surface area (Å²) in [6.45, 7) is 13.9. The van der Waals surface area contributed by atoms with Crippen molar-refractivity contribution in [1.82, 2.24) is 0 Å². The van der Waals surface area contributed by atoms with Crippen LogP contribution in [0.15, 0.2) is 11.3 Å². The Morgan fingerprint density at radius 2 is 1.69 bits per heavy atom. The first-order valence-corrected chi connectivity index (χ1v) is 14.2. The van der Waals surface area contributed by atoms with Gasteiger partial charge in [0.1, 0.15) is 5.78 Å². The van der Waals surface area contributed by atoms with E-state index in [1.165, 1.54) is 6.21 Å². The Morgan fingerprint density at radius 1 is 1.03 bits per heavy atom. The number of hydrogen-bond acceptors (Lipinski definition) is 3. The average molecular weight is 503 g/mol. The van der Waals surface area contributed by atoms with E-state index in [2.05, 4.69) is 41.5 Å². The number of carbonyl (C=O) groups is 2. The molecule has 3 N–H and O–H groups in total. The van der Waals surface area contributed by atoms with Crippen molar-refractivity contribution in [1.29, 1.82) is 5.41 Å². The highest BCUT2D eigenvalue weighted by Gasteiger charge is 2.72. The molecule has 4 fully saturated rings. The Hall–Kier alpha value is -1.16. The van der Waals surface area contributed by atoms with Crippen molar-refractivity contribution in [2.45, 2.75) is 99.3 Å². The normalized spacial score (nSPS) is 50.9. The molecule has 4 nitrogen and oxygen atoms in total. The molecule has 4 saturated carbocycles. The first-order chi connectivity index (χ1) is 16.2. The lowest BCUT2D eigenvalue weighted by atomic mass is 9.32. The zero-order valence-corrected chi connectivity index (χ0v) is 23.3. The van der Waals surface area contributed by atoms with Gasteiger partial charge in [-0.2, -0.15) is 0 Å². The molecule has 0 aromatic carbocycles. The van der Waals surface area contributed by atoms with E-state index in [9.17, 15) is 9.59 Å². The van der Waals surface area contributed by atoms with Gasteiger partial charge in [-0.25, -0.2) is 0 Å². The molecule has 0 saturated heterocycles. The molecule has 0 aromatic rings. The standard InChI is InChI=1S/C30H44ClNO3/c1-17-19-7-8-28(5)22(27(19,4)14-18(16-32)24(17)34)13-21(33)23-20-15-26(2,3)9-11-30(20,25(31)35)12-10-29(23,28)6/h16-17,19-20,22-23,32,34H,7-15H2,1-6H3/p+1/t17-,19?,20?,22?,23?,27+,28-,29-,30+/m1/s1. The summed E-state index contributed by atoms with van der Waals surface area (Å²) >= 11 is 6.39. The van der Waals surface area contributed by atoms with E-state index in [1.807, 2.05) is 0 Å². The van der Waals surface area contributed by atoms with Crippen molar-refractivity contribution in [3.8, 4) is 0 Å². The van der Waals surface area contributed by atoms with E-state index >= 15 is 0 Å². The minimum atomic E-state index is -0.545. The molecular formula is C30H45ClNO3+. The predicted molar refractivity (Wildman–Crippen MR) is 141 cm³/mol. The summed E-state index contributed by atoms with van der Waals surface area (Å²) in [7, 11) is 0. The van der Waals surface area contributed by atoms with Crippen LogP contribution in [0.5, 0.6) is 0 Å². The van der Waals surface area contributed by atoms with Gasteiger partial charge in [-0.15, -0.1) is 0 Å². The number of nitrogens with one attached hydrogen (secondary N) is 1. The Balaban J connectivity index is 1.61. The smallest absolute Gasteiger partial charge is 0.236 e. The average Bonchev–Trinajstić information content (AvgIpc) is 2.77. The molecular weight excluding hydrogens is 458 g/mol. The number of fused-ring (bicyclic) bond motifs is 7. The van der Waals surface area contributed by atoms with Crippen molar-refractivity contribution in [3.05, 3.63) is 11.3 Å². The summed E-state index contributed by atoms with van der Waals surface area (Å²) in [5.74, 6) is 1.66. The van der Waals surface area contributed by atoms with Gasteiger partial charge in [0, 0.05) is 24.0 Å². The van der Waals surface area contributed by atoms with Gasteiger partial charge < -0.3 is 10.5 Å². The van der Waals surface area contributed by atoms with Crippen LogP contribution in [-0.4, -0.2) is 22.3 Å². The maximum atomic E-state index is 14.3. The maximum absolute atomic E-state index is 14.3. The molecule has 35 heavy (non-hydrogen) atoms. The molecule has 0 aromatic heterocycles. The number of allylic oxidation sites excluding steroid dienone is 2. The first-order valence-electron chi connectivity index (χ1n) is 13.8. The van der Waals surface area contributed by atoms with Gasteiger partial charge in [-0.1, -0.05) is 34.6 Å². The van der Waals surface area contributed by atoms with Gasteiger partial charge in [0.15, 0.2) is 0 Å². The molecule has 0 radical (unpaired) electrons. The van der Waals surface area contributed by atoms with E-state index in [4.69, 9.17) is 22.1 Å². The molecule has 9 atom stereocenters. The van der Waals surface area contributed by atoms with Crippen molar-refractivity contribution >= 4 is 28.8 Å². The van der Waals surface area contributed by atoms with E-state index in [0.717, 1.165) is 56.9 Å². The molecule has 0 amide bonds. The zero-order chi connectivity index (χ0) is 25.8. The van der Waals surface area contributed by atoms with E-state index < -0.39 is 5.41 Å². The molecule has 194 valence electrons. The van der Waals surface area contributed by atoms with Crippen LogP contribution in [0.2, 0.25) is 0 Å². The Bertz CT molecular complexity index is 1020. The summed E-state index contributed by atoms with van der Waals surface area (Å²) in [5.41, 5.74) is 0.172. The number of hydrogen-bond donors (Lipinski definition) is 1. The zero-order valence-electron chi connectivity index (χ0n) is 22.5. The maximum Gasteiger partial charge on any atom is 0.236 e. The third kappa shape index (κ3) is 3.13. The quantitative estimate of drug-likeness (QED) is 0.260. The fourth-order valence-electron chi connectivity index (χ4n) is 10.7. The van der Waals surface area contributed by atoms with Crippen molar-refractivity contribution < 1.29 is 14.7 Å². The molecule has 0 heterocycles. The van der Waals surface area contributed by atoms with Crippen LogP contribution in [0.4, 0.5) is 0 Å². The number of carbonyl (C=O) groups excluding carboxylic acids is 2. The van der Waals surface area contributed by atoms with Crippen LogP contribution in [0.3, 0.4) is 0 Å². The van der Waals surface area contributed by atoms with Crippen molar-refractivity contribution in [2.24, 2.45) is 56.7 Å². The number of Topliss-reactive ketones (excluding diaryl/α,β-unsaturated/α-hetero) is 1. The van der Waals surface area contributed by atoms with Gasteiger partial charge >= 0.3 is 0 Å². The van der Waals surface area contributed by atoms with E-state index in [0.29, 0.717) is 23.9 Å². The largest absolute Gasteiger partial charge is 0.596 e. The highest BCUT2D eigenvalue weighted by Crippen LogP contribution is 2.75. The molecule has 4 unspecified atom stereocenters.